The zero-order valence-corrected chi connectivity index (χ0v) is 10.2. The molecule has 18 heavy (non-hydrogen) atoms. The molecule has 0 aliphatic carbocycles. The third-order valence-electron chi connectivity index (χ3n) is 3.17. The summed E-state index contributed by atoms with van der Waals surface area (Å²) in [6.07, 6.45) is 3.42. The van der Waals surface area contributed by atoms with Gasteiger partial charge in [0.05, 0.1) is 0 Å². The van der Waals surface area contributed by atoms with E-state index in [1.165, 1.54) is 0 Å². The molecular formula is C12H15N5O. The van der Waals surface area contributed by atoms with Gasteiger partial charge in [0.1, 0.15) is 17.0 Å². The van der Waals surface area contributed by atoms with Gasteiger partial charge in [-0.05, 0) is 6.92 Å². The van der Waals surface area contributed by atoms with Crippen molar-refractivity contribution in [1.29, 1.82) is 0 Å². The van der Waals surface area contributed by atoms with Gasteiger partial charge in [-0.2, -0.15) is 0 Å². The Bertz CT molecular complexity index is 630. The molecule has 2 aromatic rings. The number of anilines is 1. The molecule has 0 saturated carbocycles. The van der Waals surface area contributed by atoms with Crippen molar-refractivity contribution >= 4 is 16.6 Å². The van der Waals surface area contributed by atoms with E-state index in [1.54, 1.807) is 12.4 Å². The fourth-order valence-corrected chi connectivity index (χ4v) is 2.28. The van der Waals surface area contributed by atoms with E-state index in [9.17, 15) is 4.79 Å². The summed E-state index contributed by atoms with van der Waals surface area (Å²) in [4.78, 5) is 25.5. The second kappa shape index (κ2) is 4.38. The molecule has 6 nitrogen and oxygen atoms in total. The molecule has 0 unspecified atom stereocenters. The lowest BCUT2D eigenvalue weighted by atomic mass is 10.2. The van der Waals surface area contributed by atoms with Gasteiger partial charge in [-0.3, -0.25) is 4.79 Å². The molecule has 0 aromatic carbocycles. The minimum atomic E-state index is -0.0810. The van der Waals surface area contributed by atoms with Crippen molar-refractivity contribution < 1.29 is 0 Å². The SMILES string of the molecule is Cc1ncc2c[nH]c(=O)c(N3CCNCC3)c2n1. The summed E-state index contributed by atoms with van der Waals surface area (Å²) < 4.78 is 0. The van der Waals surface area contributed by atoms with Crippen LogP contribution in [0.15, 0.2) is 17.2 Å². The van der Waals surface area contributed by atoms with Gasteiger partial charge in [0.25, 0.3) is 5.56 Å². The molecule has 0 amide bonds. The Kier molecular flexibility index (Phi) is 2.71. The average Bonchev–Trinajstić information content (AvgIpc) is 2.39. The predicted octanol–water partition coefficient (Wildman–Crippen LogP) is 0.0361. The van der Waals surface area contributed by atoms with E-state index in [-0.39, 0.29) is 5.56 Å². The van der Waals surface area contributed by atoms with Crippen LogP contribution in [0.4, 0.5) is 5.69 Å². The van der Waals surface area contributed by atoms with Crippen LogP contribution in [0.25, 0.3) is 10.9 Å². The van der Waals surface area contributed by atoms with Gasteiger partial charge >= 0.3 is 0 Å². The molecule has 0 atom stereocenters. The number of aromatic nitrogens is 3. The topological polar surface area (TPSA) is 73.9 Å². The number of H-pyrrole nitrogens is 1. The van der Waals surface area contributed by atoms with Gasteiger partial charge in [-0.15, -0.1) is 0 Å². The van der Waals surface area contributed by atoms with Crippen LogP contribution < -0.4 is 15.8 Å². The van der Waals surface area contributed by atoms with Crippen LogP contribution in [0.5, 0.6) is 0 Å². The van der Waals surface area contributed by atoms with E-state index < -0.39 is 0 Å². The quantitative estimate of drug-likeness (QED) is 0.742. The van der Waals surface area contributed by atoms with Crippen molar-refractivity contribution in [2.24, 2.45) is 0 Å². The Labute approximate surface area is 104 Å². The molecule has 0 spiro atoms. The van der Waals surface area contributed by atoms with Crippen LogP contribution in [0.2, 0.25) is 0 Å². The average molecular weight is 245 g/mol. The molecule has 3 heterocycles. The fourth-order valence-electron chi connectivity index (χ4n) is 2.28. The molecular weight excluding hydrogens is 230 g/mol. The number of pyridine rings is 1. The molecule has 1 aliphatic rings. The maximum atomic E-state index is 12.1. The zero-order valence-electron chi connectivity index (χ0n) is 10.2. The third-order valence-corrected chi connectivity index (χ3v) is 3.17. The van der Waals surface area contributed by atoms with E-state index in [4.69, 9.17) is 0 Å². The van der Waals surface area contributed by atoms with Crippen molar-refractivity contribution in [2.75, 3.05) is 31.1 Å². The second-order valence-corrected chi connectivity index (χ2v) is 4.42. The largest absolute Gasteiger partial charge is 0.363 e. The third kappa shape index (κ3) is 1.84. The minimum absolute atomic E-state index is 0.0810. The molecule has 1 fully saturated rings. The van der Waals surface area contributed by atoms with Crippen molar-refractivity contribution in [3.63, 3.8) is 0 Å². The Hall–Kier alpha value is -1.95. The molecule has 1 saturated heterocycles. The monoisotopic (exact) mass is 245 g/mol. The maximum Gasteiger partial charge on any atom is 0.273 e. The summed E-state index contributed by atoms with van der Waals surface area (Å²) in [7, 11) is 0. The molecule has 3 rings (SSSR count). The van der Waals surface area contributed by atoms with Gasteiger partial charge in [0.15, 0.2) is 0 Å². The lowest BCUT2D eigenvalue weighted by molar-refractivity contribution is 0.588. The number of fused-ring (bicyclic) bond motifs is 1. The van der Waals surface area contributed by atoms with Crippen LogP contribution in [0.1, 0.15) is 5.82 Å². The van der Waals surface area contributed by atoms with Crippen LogP contribution in [0.3, 0.4) is 0 Å². The molecule has 94 valence electrons. The first-order chi connectivity index (χ1) is 8.75. The molecule has 0 radical (unpaired) electrons. The smallest absolute Gasteiger partial charge is 0.273 e. The van der Waals surface area contributed by atoms with Crippen LogP contribution in [0, 0.1) is 6.92 Å². The maximum absolute atomic E-state index is 12.1. The van der Waals surface area contributed by atoms with Crippen LogP contribution in [-0.4, -0.2) is 41.1 Å². The Balaban J connectivity index is 2.21. The summed E-state index contributed by atoms with van der Waals surface area (Å²) in [5.41, 5.74) is 1.33. The number of hydrogen-bond acceptors (Lipinski definition) is 5. The number of hydrogen-bond donors (Lipinski definition) is 2. The molecule has 2 N–H and O–H groups in total. The highest BCUT2D eigenvalue weighted by Gasteiger charge is 2.17. The van der Waals surface area contributed by atoms with Crippen LogP contribution in [-0.2, 0) is 0 Å². The highest BCUT2D eigenvalue weighted by atomic mass is 16.1. The van der Waals surface area contributed by atoms with E-state index in [1.807, 2.05) is 6.92 Å². The van der Waals surface area contributed by atoms with Gasteiger partial charge < -0.3 is 15.2 Å². The number of rotatable bonds is 1. The van der Waals surface area contributed by atoms with Crippen molar-refractivity contribution in [3.8, 4) is 0 Å². The first-order valence-corrected chi connectivity index (χ1v) is 6.06. The van der Waals surface area contributed by atoms with Crippen LogP contribution >= 0.6 is 0 Å². The summed E-state index contributed by atoms with van der Waals surface area (Å²) in [6, 6.07) is 0. The molecule has 0 bridgehead atoms. The Morgan fingerprint density at radius 2 is 2.11 bits per heavy atom. The summed E-state index contributed by atoms with van der Waals surface area (Å²) >= 11 is 0. The van der Waals surface area contributed by atoms with Gasteiger partial charge in [-0.1, -0.05) is 0 Å². The molecule has 6 heteroatoms. The number of aryl methyl sites for hydroxylation is 1. The highest BCUT2D eigenvalue weighted by molar-refractivity contribution is 5.89. The number of nitrogens with one attached hydrogen (secondary N) is 2. The highest BCUT2D eigenvalue weighted by Crippen LogP contribution is 2.20. The summed E-state index contributed by atoms with van der Waals surface area (Å²) in [5.74, 6) is 0.685. The lowest BCUT2D eigenvalue weighted by Crippen LogP contribution is -2.45. The number of piperazine rings is 1. The van der Waals surface area contributed by atoms with Crippen molar-refractivity contribution in [2.45, 2.75) is 6.92 Å². The van der Waals surface area contributed by atoms with Crippen molar-refractivity contribution in [1.82, 2.24) is 20.3 Å². The predicted molar refractivity (Wildman–Crippen MR) is 70.0 cm³/mol. The van der Waals surface area contributed by atoms with Crippen molar-refractivity contribution in [3.05, 3.63) is 28.6 Å². The van der Waals surface area contributed by atoms with E-state index in [0.29, 0.717) is 11.5 Å². The fraction of sp³-hybridized carbons (Fsp3) is 0.417. The number of nitrogens with zero attached hydrogens (tertiary/aromatic N) is 3. The standard InChI is InChI=1S/C12H15N5O/c1-8-14-6-9-7-15-12(18)11(10(9)16-8)17-4-2-13-3-5-17/h6-7,13H,2-5H2,1H3,(H,15,18). The molecule has 1 aliphatic heterocycles. The summed E-state index contributed by atoms with van der Waals surface area (Å²) in [6.45, 7) is 5.26. The summed E-state index contributed by atoms with van der Waals surface area (Å²) in [5, 5.41) is 4.15. The first-order valence-electron chi connectivity index (χ1n) is 6.06. The lowest BCUT2D eigenvalue weighted by Gasteiger charge is -2.29. The van der Waals surface area contributed by atoms with Gasteiger partial charge in [0.2, 0.25) is 0 Å². The number of aromatic amines is 1. The molecule has 2 aromatic heterocycles. The van der Waals surface area contributed by atoms with Gasteiger partial charge in [-0.25, -0.2) is 9.97 Å². The zero-order chi connectivity index (χ0) is 12.5. The van der Waals surface area contributed by atoms with E-state index in [2.05, 4.69) is 25.2 Å². The Morgan fingerprint density at radius 1 is 1.33 bits per heavy atom. The first kappa shape index (κ1) is 11.2. The Morgan fingerprint density at radius 3 is 2.89 bits per heavy atom. The second-order valence-electron chi connectivity index (χ2n) is 4.42. The normalized spacial score (nSPS) is 16.2. The van der Waals surface area contributed by atoms with E-state index in [0.717, 1.165) is 37.1 Å². The van der Waals surface area contributed by atoms with E-state index >= 15 is 0 Å². The van der Waals surface area contributed by atoms with Gasteiger partial charge in [0, 0.05) is 44.0 Å². The minimum Gasteiger partial charge on any atom is -0.363 e.